The van der Waals surface area contributed by atoms with Crippen molar-refractivity contribution in [2.24, 2.45) is 35.5 Å². The maximum Gasteiger partial charge on any atom is 0.391 e. The van der Waals surface area contributed by atoms with Gasteiger partial charge in [0, 0.05) is 45.8 Å². The second kappa shape index (κ2) is 14.2. The normalized spacial score (nSPS) is 34.9. The average molecular weight is 622 g/mol. The van der Waals surface area contributed by atoms with Gasteiger partial charge in [0.25, 0.3) is 0 Å². The van der Waals surface area contributed by atoms with Crippen LogP contribution in [0.3, 0.4) is 0 Å². The van der Waals surface area contributed by atoms with Crippen molar-refractivity contribution in [3.63, 3.8) is 0 Å². The lowest BCUT2D eigenvalue weighted by Gasteiger charge is -2.48. The van der Waals surface area contributed by atoms with Gasteiger partial charge in [0.2, 0.25) is 5.91 Å². The number of hydrogen-bond acceptors (Lipinski definition) is 3. The molecule has 4 aliphatic carbocycles. The Labute approximate surface area is 254 Å². The predicted molar refractivity (Wildman–Crippen MR) is 155 cm³/mol. The number of nitrogens with zero attached hydrogens (tertiary/aromatic N) is 3. The Morgan fingerprint density at radius 2 is 1.30 bits per heavy atom. The first kappa shape index (κ1) is 33.3. The van der Waals surface area contributed by atoms with Crippen LogP contribution in [-0.4, -0.2) is 84.8 Å². The van der Waals surface area contributed by atoms with Gasteiger partial charge in [0.1, 0.15) is 0 Å². The van der Waals surface area contributed by atoms with Crippen LogP contribution in [0, 0.1) is 35.5 Å². The molecule has 1 saturated heterocycles. The van der Waals surface area contributed by atoms with Gasteiger partial charge in [-0.1, -0.05) is 44.9 Å². The van der Waals surface area contributed by atoms with E-state index in [1.165, 1.54) is 57.8 Å². The fraction of sp³-hybridized carbons (Fsp3) is 0.970. The molecule has 1 amide bonds. The van der Waals surface area contributed by atoms with E-state index in [9.17, 15) is 31.1 Å². The molecule has 248 valence electrons. The van der Waals surface area contributed by atoms with Gasteiger partial charge in [-0.15, -0.1) is 0 Å². The van der Waals surface area contributed by atoms with E-state index in [4.69, 9.17) is 0 Å². The van der Waals surface area contributed by atoms with Gasteiger partial charge in [0.05, 0.1) is 17.9 Å². The lowest BCUT2D eigenvalue weighted by Crippen LogP contribution is -2.59. The van der Waals surface area contributed by atoms with Crippen molar-refractivity contribution in [1.82, 2.24) is 14.7 Å². The highest BCUT2D eigenvalue weighted by atomic mass is 19.4. The molecule has 0 aromatic heterocycles. The molecule has 6 atom stereocenters. The van der Waals surface area contributed by atoms with Gasteiger partial charge in [-0.2, -0.15) is 26.3 Å². The van der Waals surface area contributed by atoms with Gasteiger partial charge in [-0.25, -0.2) is 0 Å². The second-order valence-electron chi connectivity index (χ2n) is 14.8. The predicted octanol–water partition coefficient (Wildman–Crippen LogP) is 7.92. The molecule has 10 heteroatoms. The second-order valence-corrected chi connectivity index (χ2v) is 14.8. The van der Waals surface area contributed by atoms with Crippen molar-refractivity contribution in [2.75, 3.05) is 39.8 Å². The first-order chi connectivity index (χ1) is 20.4. The fourth-order valence-electron chi connectivity index (χ4n) is 9.60. The van der Waals surface area contributed by atoms with Crippen LogP contribution in [0.5, 0.6) is 0 Å². The lowest BCUT2D eigenvalue weighted by atomic mass is 9.65. The highest BCUT2D eigenvalue weighted by Crippen LogP contribution is 2.49. The van der Waals surface area contributed by atoms with Crippen molar-refractivity contribution >= 4 is 5.91 Å². The standard InChI is InChI=1S/C33H53F6N3O/c1-40(14-13-23-19-27(32(34,35)36)22-28(20-23)33(37,38)39)31(43)30(26-12-11-24-7-5-6-8-25(24)21-26)42-17-15-41(16-18-42)29-9-3-2-4-10-29/h23-30H,2-22H2,1H3. The smallest absolute Gasteiger partial charge is 0.344 e. The van der Waals surface area contributed by atoms with Crippen LogP contribution in [-0.2, 0) is 4.79 Å². The van der Waals surface area contributed by atoms with Crippen molar-refractivity contribution in [1.29, 1.82) is 0 Å². The van der Waals surface area contributed by atoms with E-state index in [2.05, 4.69) is 9.80 Å². The summed E-state index contributed by atoms with van der Waals surface area (Å²) in [7, 11) is 1.71. The highest BCUT2D eigenvalue weighted by molar-refractivity contribution is 5.82. The molecule has 0 bridgehead atoms. The molecule has 5 fully saturated rings. The fourth-order valence-corrected chi connectivity index (χ4v) is 9.60. The van der Waals surface area contributed by atoms with Crippen molar-refractivity contribution in [3.8, 4) is 0 Å². The Kier molecular flexibility index (Phi) is 11.0. The Morgan fingerprint density at radius 3 is 1.91 bits per heavy atom. The van der Waals surface area contributed by atoms with Crippen molar-refractivity contribution < 1.29 is 31.1 Å². The summed E-state index contributed by atoms with van der Waals surface area (Å²) in [6.45, 7) is 3.80. The molecule has 43 heavy (non-hydrogen) atoms. The van der Waals surface area contributed by atoms with Gasteiger partial charge < -0.3 is 4.90 Å². The van der Waals surface area contributed by atoms with Gasteiger partial charge in [0.15, 0.2) is 0 Å². The van der Waals surface area contributed by atoms with Crippen LogP contribution < -0.4 is 0 Å². The molecule has 1 heterocycles. The molecule has 1 aliphatic heterocycles. The summed E-state index contributed by atoms with van der Waals surface area (Å²) >= 11 is 0. The number of likely N-dealkylation sites (N-methyl/N-ethyl adjacent to an activating group) is 1. The zero-order chi connectivity index (χ0) is 30.8. The summed E-state index contributed by atoms with van der Waals surface area (Å²) in [6, 6.07) is 0.389. The van der Waals surface area contributed by atoms with Gasteiger partial charge in [-0.3, -0.25) is 14.6 Å². The Bertz CT molecular complexity index is 876. The van der Waals surface area contributed by atoms with Crippen molar-refractivity contribution in [3.05, 3.63) is 0 Å². The number of fused-ring (bicyclic) bond motifs is 1. The summed E-state index contributed by atoms with van der Waals surface area (Å²) in [4.78, 5) is 20.8. The number of halogens is 6. The van der Waals surface area contributed by atoms with Crippen LogP contribution in [0.1, 0.15) is 103 Å². The van der Waals surface area contributed by atoms with Gasteiger partial charge >= 0.3 is 12.4 Å². The first-order valence-corrected chi connectivity index (χ1v) is 17.3. The highest BCUT2D eigenvalue weighted by Gasteiger charge is 2.52. The van der Waals surface area contributed by atoms with E-state index in [0.29, 0.717) is 12.0 Å². The molecule has 0 aromatic rings. The number of hydrogen-bond donors (Lipinski definition) is 0. The minimum absolute atomic E-state index is 0.0147. The molecule has 4 nitrogen and oxygen atoms in total. The molecule has 0 N–H and O–H groups in total. The summed E-state index contributed by atoms with van der Waals surface area (Å²) in [5.41, 5.74) is 0. The van der Waals surface area contributed by atoms with E-state index in [0.717, 1.165) is 51.4 Å². The zero-order valence-corrected chi connectivity index (χ0v) is 26.0. The SMILES string of the molecule is CN(CCC1CC(C(F)(F)F)CC(C(F)(F)F)C1)C(=O)C(C1CCC2CCCCC2C1)N1CCN(C2CCCCC2)CC1. The largest absolute Gasteiger partial charge is 0.391 e. The van der Waals surface area contributed by atoms with Crippen LogP contribution in [0.2, 0.25) is 0 Å². The third kappa shape index (κ3) is 8.42. The van der Waals surface area contributed by atoms with E-state index in [-0.39, 0.29) is 43.7 Å². The number of rotatable bonds is 7. The molecular weight excluding hydrogens is 568 g/mol. The number of piperazine rings is 1. The van der Waals surface area contributed by atoms with Crippen LogP contribution >= 0.6 is 0 Å². The topological polar surface area (TPSA) is 26.8 Å². The zero-order valence-electron chi connectivity index (χ0n) is 26.0. The summed E-state index contributed by atoms with van der Waals surface area (Å²) in [5, 5.41) is 0. The minimum Gasteiger partial charge on any atom is -0.344 e. The van der Waals surface area contributed by atoms with E-state index in [1.54, 1.807) is 11.9 Å². The monoisotopic (exact) mass is 621 g/mol. The Morgan fingerprint density at radius 1 is 0.721 bits per heavy atom. The number of alkyl halides is 6. The molecule has 0 aromatic carbocycles. The van der Waals surface area contributed by atoms with Gasteiger partial charge in [-0.05, 0) is 81.5 Å². The number of carbonyl (C=O) groups is 1. The Hall–Kier alpha value is -1.03. The average Bonchev–Trinajstić information content (AvgIpc) is 2.99. The maximum atomic E-state index is 14.2. The minimum atomic E-state index is -4.63. The molecule has 0 radical (unpaired) electrons. The molecule has 6 unspecified atom stereocenters. The van der Waals surface area contributed by atoms with E-state index < -0.39 is 36.5 Å². The maximum absolute atomic E-state index is 14.2. The molecule has 0 spiro atoms. The number of amides is 1. The molecule has 5 rings (SSSR count). The third-order valence-corrected chi connectivity index (χ3v) is 12.1. The molecule has 4 saturated carbocycles. The van der Waals surface area contributed by atoms with Crippen molar-refractivity contribution in [2.45, 2.75) is 127 Å². The summed E-state index contributed by atoms with van der Waals surface area (Å²) in [5.74, 6) is -2.86. The van der Waals surface area contributed by atoms with E-state index >= 15 is 0 Å². The Balaban J connectivity index is 1.24. The number of carbonyl (C=O) groups excluding carboxylic acids is 1. The third-order valence-electron chi connectivity index (χ3n) is 12.1. The molecular formula is C33H53F6N3O. The lowest BCUT2D eigenvalue weighted by molar-refractivity contribution is -0.229. The van der Waals surface area contributed by atoms with Crippen LogP contribution in [0.25, 0.3) is 0 Å². The summed E-state index contributed by atoms with van der Waals surface area (Å²) in [6.07, 6.45) is 4.18. The molecule has 5 aliphatic rings. The van der Waals surface area contributed by atoms with E-state index in [1.807, 2.05) is 0 Å². The first-order valence-electron chi connectivity index (χ1n) is 17.3. The van der Waals surface area contributed by atoms with Crippen LogP contribution in [0.4, 0.5) is 26.3 Å². The van der Waals surface area contributed by atoms with Crippen LogP contribution in [0.15, 0.2) is 0 Å². The quantitative estimate of drug-likeness (QED) is 0.270. The summed E-state index contributed by atoms with van der Waals surface area (Å²) < 4.78 is 81.3.